The second-order valence-corrected chi connectivity index (χ2v) is 4.49. The van der Waals surface area contributed by atoms with Crippen LogP contribution in [0.15, 0.2) is 6.07 Å². The van der Waals surface area contributed by atoms with Crippen molar-refractivity contribution in [1.82, 2.24) is 15.5 Å². The van der Waals surface area contributed by atoms with E-state index >= 15 is 0 Å². The number of carboxylic acid groups (broad SMARTS) is 1. The number of aliphatic carboxylic acids is 1. The number of primary amides is 1. The van der Waals surface area contributed by atoms with Gasteiger partial charge in [-0.15, -0.1) is 10.2 Å². The van der Waals surface area contributed by atoms with Crippen molar-refractivity contribution >= 4 is 41.0 Å². The predicted octanol–water partition coefficient (Wildman–Crippen LogP) is 0.232. The fourth-order valence-electron chi connectivity index (χ4n) is 1.29. The smallest absolute Gasteiger partial charge is 0.326 e. The summed E-state index contributed by atoms with van der Waals surface area (Å²) in [7, 11) is 0. The fourth-order valence-corrected chi connectivity index (χ4v) is 1.62. The van der Waals surface area contributed by atoms with Crippen LogP contribution in [-0.4, -0.2) is 39.1 Å². The molecule has 0 fully saturated rings. The maximum Gasteiger partial charge on any atom is 0.326 e. The monoisotopic (exact) mass is 320 g/mol. The average molecular weight is 321 g/mol. The third-order valence-corrected chi connectivity index (χ3v) is 2.71. The molecule has 2 amide bonds. The van der Waals surface area contributed by atoms with Gasteiger partial charge in [-0.25, -0.2) is 4.79 Å². The first kappa shape index (κ1) is 16.1. The van der Waals surface area contributed by atoms with Gasteiger partial charge >= 0.3 is 5.97 Å². The molecular formula is C10H10Cl2N4O4. The van der Waals surface area contributed by atoms with Crippen molar-refractivity contribution in [3.8, 4) is 0 Å². The lowest BCUT2D eigenvalue weighted by Crippen LogP contribution is -2.41. The van der Waals surface area contributed by atoms with Gasteiger partial charge in [0.1, 0.15) is 6.04 Å². The molecule has 0 aliphatic heterocycles. The summed E-state index contributed by atoms with van der Waals surface area (Å²) in [6, 6.07) is -0.128. The maximum absolute atomic E-state index is 11.9. The van der Waals surface area contributed by atoms with E-state index in [0.717, 1.165) is 6.07 Å². The number of hydrogen-bond donors (Lipinski definition) is 3. The highest BCUT2D eigenvalue weighted by Gasteiger charge is 2.23. The van der Waals surface area contributed by atoms with Crippen molar-refractivity contribution in [3.63, 3.8) is 0 Å². The van der Waals surface area contributed by atoms with E-state index in [2.05, 4.69) is 15.5 Å². The first-order chi connectivity index (χ1) is 9.31. The van der Waals surface area contributed by atoms with Crippen molar-refractivity contribution in [2.45, 2.75) is 18.9 Å². The van der Waals surface area contributed by atoms with E-state index in [1.807, 2.05) is 0 Å². The van der Waals surface area contributed by atoms with Crippen molar-refractivity contribution in [1.29, 1.82) is 0 Å². The fraction of sp³-hybridized carbons (Fsp3) is 0.300. The first-order valence-electron chi connectivity index (χ1n) is 5.32. The maximum atomic E-state index is 11.9. The van der Waals surface area contributed by atoms with Crippen LogP contribution in [0, 0.1) is 0 Å². The number of carboxylic acids is 1. The summed E-state index contributed by atoms with van der Waals surface area (Å²) in [5, 5.41) is 17.7. The molecule has 0 aromatic carbocycles. The van der Waals surface area contributed by atoms with Gasteiger partial charge in [0, 0.05) is 6.42 Å². The predicted molar refractivity (Wildman–Crippen MR) is 69.4 cm³/mol. The number of nitrogens with two attached hydrogens (primary N) is 1. The molecule has 1 rings (SSSR count). The normalized spacial score (nSPS) is 11.7. The van der Waals surface area contributed by atoms with E-state index in [9.17, 15) is 14.4 Å². The Morgan fingerprint density at radius 3 is 2.55 bits per heavy atom. The van der Waals surface area contributed by atoms with E-state index in [1.165, 1.54) is 0 Å². The molecule has 20 heavy (non-hydrogen) atoms. The Morgan fingerprint density at radius 1 is 1.35 bits per heavy atom. The SMILES string of the molecule is NC(=O)CCC(NC(=O)c1cc(Cl)nnc1Cl)C(=O)O. The lowest BCUT2D eigenvalue weighted by Gasteiger charge is -2.13. The minimum absolute atomic E-state index is 0.0661. The molecule has 0 saturated carbocycles. The number of halogens is 2. The topological polar surface area (TPSA) is 135 Å². The number of rotatable bonds is 6. The summed E-state index contributed by atoms with van der Waals surface area (Å²) in [5.74, 6) is -2.76. The average Bonchev–Trinajstić information content (AvgIpc) is 2.36. The van der Waals surface area contributed by atoms with Gasteiger partial charge in [-0.3, -0.25) is 9.59 Å². The second kappa shape index (κ2) is 7.01. The molecule has 10 heteroatoms. The van der Waals surface area contributed by atoms with Crippen molar-refractivity contribution in [2.75, 3.05) is 0 Å². The van der Waals surface area contributed by atoms with Gasteiger partial charge in [0.05, 0.1) is 5.56 Å². The van der Waals surface area contributed by atoms with Crippen LogP contribution >= 0.6 is 23.2 Å². The van der Waals surface area contributed by atoms with E-state index in [1.54, 1.807) is 0 Å². The van der Waals surface area contributed by atoms with Crippen LogP contribution < -0.4 is 11.1 Å². The molecule has 0 spiro atoms. The van der Waals surface area contributed by atoms with Crippen molar-refractivity contribution in [2.24, 2.45) is 5.73 Å². The third kappa shape index (κ3) is 4.63. The number of amides is 2. The minimum Gasteiger partial charge on any atom is -0.480 e. The number of nitrogens with zero attached hydrogens (tertiary/aromatic N) is 2. The second-order valence-electron chi connectivity index (χ2n) is 3.74. The minimum atomic E-state index is -1.30. The van der Waals surface area contributed by atoms with Gasteiger partial charge in [0.15, 0.2) is 10.3 Å². The Bertz CT molecular complexity index is 552. The van der Waals surface area contributed by atoms with E-state index in [-0.39, 0.29) is 28.7 Å². The Kier molecular flexibility index (Phi) is 5.66. The highest BCUT2D eigenvalue weighted by molar-refractivity contribution is 6.34. The van der Waals surface area contributed by atoms with Crippen LogP contribution in [0.25, 0.3) is 0 Å². The molecule has 4 N–H and O–H groups in total. The zero-order chi connectivity index (χ0) is 15.3. The van der Waals surface area contributed by atoms with Crippen LogP contribution in [0.4, 0.5) is 0 Å². The summed E-state index contributed by atoms with van der Waals surface area (Å²) in [4.78, 5) is 33.5. The lowest BCUT2D eigenvalue weighted by atomic mass is 10.1. The molecule has 0 saturated heterocycles. The number of nitrogens with one attached hydrogen (secondary N) is 1. The zero-order valence-corrected chi connectivity index (χ0v) is 11.5. The standard InChI is InChI=1S/C10H10Cl2N4O4/c11-6-3-4(8(12)16-15-6)9(18)14-5(10(19)20)1-2-7(13)17/h3,5H,1-2H2,(H2,13,17)(H,14,18)(H,19,20). The highest BCUT2D eigenvalue weighted by atomic mass is 35.5. The van der Waals surface area contributed by atoms with Crippen molar-refractivity contribution < 1.29 is 19.5 Å². The molecule has 1 aromatic heterocycles. The van der Waals surface area contributed by atoms with E-state index in [4.69, 9.17) is 34.0 Å². The van der Waals surface area contributed by atoms with Crippen LogP contribution in [0.2, 0.25) is 10.3 Å². The molecule has 0 radical (unpaired) electrons. The number of hydrogen-bond acceptors (Lipinski definition) is 5. The lowest BCUT2D eigenvalue weighted by molar-refractivity contribution is -0.139. The molecule has 1 heterocycles. The van der Waals surface area contributed by atoms with Gasteiger partial charge in [0.25, 0.3) is 5.91 Å². The zero-order valence-electron chi connectivity index (χ0n) is 9.97. The molecule has 0 bridgehead atoms. The van der Waals surface area contributed by atoms with Gasteiger partial charge < -0.3 is 16.2 Å². The Balaban J connectivity index is 2.82. The molecule has 1 atom stereocenters. The van der Waals surface area contributed by atoms with Crippen molar-refractivity contribution in [3.05, 3.63) is 21.9 Å². The molecule has 108 valence electrons. The summed E-state index contributed by atoms with van der Waals surface area (Å²) in [6.07, 6.45) is -0.319. The summed E-state index contributed by atoms with van der Waals surface area (Å²) < 4.78 is 0. The van der Waals surface area contributed by atoms with Gasteiger partial charge in [0.2, 0.25) is 5.91 Å². The number of carbonyl (C=O) groups is 3. The largest absolute Gasteiger partial charge is 0.480 e. The van der Waals surface area contributed by atoms with Crippen LogP contribution in [-0.2, 0) is 9.59 Å². The Morgan fingerprint density at radius 2 is 2.00 bits per heavy atom. The molecule has 0 aliphatic carbocycles. The number of aromatic nitrogens is 2. The Hall–Kier alpha value is -1.93. The third-order valence-electron chi connectivity index (χ3n) is 2.25. The molecule has 8 nitrogen and oxygen atoms in total. The quantitative estimate of drug-likeness (QED) is 0.686. The summed E-state index contributed by atoms with van der Waals surface area (Å²) in [5.41, 5.74) is 4.81. The molecule has 1 unspecified atom stereocenters. The first-order valence-corrected chi connectivity index (χ1v) is 6.07. The number of carbonyl (C=O) groups excluding carboxylic acids is 2. The van der Waals surface area contributed by atoms with E-state index < -0.39 is 23.8 Å². The van der Waals surface area contributed by atoms with Crippen LogP contribution in [0.5, 0.6) is 0 Å². The summed E-state index contributed by atoms with van der Waals surface area (Å²) >= 11 is 11.2. The molecule has 1 aromatic rings. The molecular weight excluding hydrogens is 311 g/mol. The molecule has 0 aliphatic rings. The Labute approximate surface area is 123 Å². The van der Waals surface area contributed by atoms with Crippen LogP contribution in [0.3, 0.4) is 0 Å². The van der Waals surface area contributed by atoms with Gasteiger partial charge in [-0.05, 0) is 12.5 Å². The van der Waals surface area contributed by atoms with Crippen LogP contribution in [0.1, 0.15) is 23.2 Å². The summed E-state index contributed by atoms with van der Waals surface area (Å²) in [6.45, 7) is 0. The highest BCUT2D eigenvalue weighted by Crippen LogP contribution is 2.15. The van der Waals surface area contributed by atoms with Gasteiger partial charge in [-0.1, -0.05) is 23.2 Å². The van der Waals surface area contributed by atoms with Gasteiger partial charge in [-0.2, -0.15) is 0 Å². The van der Waals surface area contributed by atoms with E-state index in [0.29, 0.717) is 0 Å².